The van der Waals surface area contributed by atoms with E-state index in [9.17, 15) is 13.2 Å². The van der Waals surface area contributed by atoms with Crippen LogP contribution in [0, 0.1) is 17.5 Å². The summed E-state index contributed by atoms with van der Waals surface area (Å²) in [6, 6.07) is 21.7. The molecule has 0 aliphatic heterocycles. The molecule has 0 atom stereocenters. The third-order valence-electron chi connectivity index (χ3n) is 5.44. The molecule has 0 saturated carbocycles. The third kappa shape index (κ3) is 5.60. The van der Waals surface area contributed by atoms with Gasteiger partial charge in [-0.15, -0.1) is 0 Å². The van der Waals surface area contributed by atoms with Crippen molar-refractivity contribution in [1.82, 2.24) is 0 Å². The number of ether oxygens (including phenoxy) is 3. The summed E-state index contributed by atoms with van der Waals surface area (Å²) in [4.78, 5) is 0. The SMILES string of the molecule is CCOc1ccc(-c2ccc(OCc3ccc(-c4ccc(OCC)c(F)c4)cc3)c(F)c2F)cc1. The lowest BCUT2D eigenvalue weighted by atomic mass is 10.0. The smallest absolute Gasteiger partial charge is 0.201 e. The van der Waals surface area contributed by atoms with Crippen molar-refractivity contribution in [2.24, 2.45) is 0 Å². The van der Waals surface area contributed by atoms with Crippen LogP contribution in [-0.2, 0) is 6.61 Å². The molecule has 0 unspecified atom stereocenters. The summed E-state index contributed by atoms with van der Waals surface area (Å²) in [6.45, 7) is 4.64. The molecule has 4 aromatic rings. The quantitative estimate of drug-likeness (QED) is 0.246. The van der Waals surface area contributed by atoms with Crippen LogP contribution in [0.15, 0.2) is 78.9 Å². The van der Waals surface area contributed by atoms with E-state index in [2.05, 4.69) is 0 Å². The van der Waals surface area contributed by atoms with E-state index in [1.807, 2.05) is 19.1 Å². The zero-order valence-corrected chi connectivity index (χ0v) is 19.5. The van der Waals surface area contributed by atoms with Gasteiger partial charge in [0.2, 0.25) is 5.82 Å². The van der Waals surface area contributed by atoms with Gasteiger partial charge in [0.15, 0.2) is 23.1 Å². The molecule has 0 saturated heterocycles. The molecule has 0 amide bonds. The van der Waals surface area contributed by atoms with Gasteiger partial charge in [0.25, 0.3) is 0 Å². The van der Waals surface area contributed by atoms with E-state index in [1.54, 1.807) is 55.5 Å². The highest BCUT2D eigenvalue weighted by atomic mass is 19.2. The van der Waals surface area contributed by atoms with E-state index in [0.717, 1.165) is 11.1 Å². The summed E-state index contributed by atoms with van der Waals surface area (Å²) in [5.74, 6) is -1.74. The molecule has 0 aliphatic carbocycles. The average molecular weight is 479 g/mol. The molecule has 4 aromatic carbocycles. The topological polar surface area (TPSA) is 27.7 Å². The molecule has 0 bridgehead atoms. The molecule has 180 valence electrons. The lowest BCUT2D eigenvalue weighted by Gasteiger charge is -2.12. The number of benzene rings is 4. The lowest BCUT2D eigenvalue weighted by Crippen LogP contribution is -2.00. The van der Waals surface area contributed by atoms with Crippen molar-refractivity contribution >= 4 is 0 Å². The molecule has 0 radical (unpaired) electrons. The first-order chi connectivity index (χ1) is 17.0. The Morgan fingerprint density at radius 3 is 1.86 bits per heavy atom. The van der Waals surface area contributed by atoms with Crippen LogP contribution < -0.4 is 14.2 Å². The second-order valence-electron chi connectivity index (χ2n) is 7.76. The number of hydrogen-bond acceptors (Lipinski definition) is 3. The zero-order valence-electron chi connectivity index (χ0n) is 19.5. The van der Waals surface area contributed by atoms with Gasteiger partial charge < -0.3 is 14.2 Å². The molecule has 3 nitrogen and oxygen atoms in total. The van der Waals surface area contributed by atoms with Crippen LogP contribution in [0.2, 0.25) is 0 Å². The fourth-order valence-electron chi connectivity index (χ4n) is 3.67. The van der Waals surface area contributed by atoms with Crippen LogP contribution in [-0.4, -0.2) is 13.2 Å². The van der Waals surface area contributed by atoms with E-state index in [1.165, 1.54) is 18.2 Å². The van der Waals surface area contributed by atoms with Crippen molar-refractivity contribution in [2.45, 2.75) is 20.5 Å². The monoisotopic (exact) mass is 478 g/mol. The van der Waals surface area contributed by atoms with Crippen LogP contribution >= 0.6 is 0 Å². The predicted molar refractivity (Wildman–Crippen MR) is 130 cm³/mol. The highest BCUT2D eigenvalue weighted by Crippen LogP contribution is 2.31. The summed E-state index contributed by atoms with van der Waals surface area (Å²) >= 11 is 0. The van der Waals surface area contributed by atoms with Crippen molar-refractivity contribution in [1.29, 1.82) is 0 Å². The Labute approximate surface area is 202 Å². The van der Waals surface area contributed by atoms with Gasteiger partial charge in [0.05, 0.1) is 13.2 Å². The third-order valence-corrected chi connectivity index (χ3v) is 5.44. The molecule has 0 heterocycles. The first kappa shape index (κ1) is 24.2. The Kier molecular flexibility index (Phi) is 7.60. The normalized spacial score (nSPS) is 10.8. The summed E-state index contributed by atoms with van der Waals surface area (Å²) in [5, 5.41) is 0. The van der Waals surface area contributed by atoms with E-state index >= 15 is 0 Å². The fourth-order valence-corrected chi connectivity index (χ4v) is 3.67. The van der Waals surface area contributed by atoms with E-state index in [-0.39, 0.29) is 23.7 Å². The van der Waals surface area contributed by atoms with Crippen LogP contribution in [0.4, 0.5) is 13.2 Å². The minimum absolute atomic E-state index is 0.0523. The molecule has 0 aromatic heterocycles. The summed E-state index contributed by atoms with van der Waals surface area (Å²) in [6.07, 6.45) is 0. The maximum absolute atomic E-state index is 14.7. The summed E-state index contributed by atoms with van der Waals surface area (Å²) in [7, 11) is 0. The summed E-state index contributed by atoms with van der Waals surface area (Å²) < 4.78 is 59.7. The van der Waals surface area contributed by atoms with E-state index in [0.29, 0.717) is 30.1 Å². The molecule has 0 N–H and O–H groups in total. The maximum atomic E-state index is 14.7. The van der Waals surface area contributed by atoms with Crippen LogP contribution in [0.25, 0.3) is 22.3 Å². The van der Waals surface area contributed by atoms with Gasteiger partial charge in [-0.3, -0.25) is 0 Å². The van der Waals surface area contributed by atoms with Gasteiger partial charge in [0.1, 0.15) is 12.4 Å². The molecule has 0 fully saturated rings. The van der Waals surface area contributed by atoms with Crippen molar-refractivity contribution in [3.05, 3.63) is 102 Å². The van der Waals surface area contributed by atoms with E-state index < -0.39 is 17.5 Å². The highest BCUT2D eigenvalue weighted by molar-refractivity contribution is 5.66. The largest absolute Gasteiger partial charge is 0.494 e. The molecule has 35 heavy (non-hydrogen) atoms. The van der Waals surface area contributed by atoms with Crippen molar-refractivity contribution in [2.75, 3.05) is 13.2 Å². The first-order valence-electron chi connectivity index (χ1n) is 11.4. The van der Waals surface area contributed by atoms with Gasteiger partial charge in [0, 0.05) is 5.56 Å². The Bertz CT molecular complexity index is 1290. The van der Waals surface area contributed by atoms with Crippen molar-refractivity contribution < 1.29 is 27.4 Å². The Balaban J connectivity index is 1.44. The standard InChI is InChI=1S/C29H25F3O3/c1-3-33-23-12-9-21(10-13-23)24-14-16-27(29(32)28(24)31)35-18-19-5-7-20(8-6-19)22-11-15-26(34-4-2)25(30)17-22/h5-17H,3-4,18H2,1-2H3. The number of hydrogen-bond donors (Lipinski definition) is 0. The van der Waals surface area contributed by atoms with Gasteiger partial charge in [-0.2, -0.15) is 4.39 Å². The molecular formula is C29H25F3O3. The summed E-state index contributed by atoms with van der Waals surface area (Å²) in [5.41, 5.74) is 2.96. The zero-order chi connectivity index (χ0) is 24.8. The second-order valence-corrected chi connectivity index (χ2v) is 7.76. The lowest BCUT2D eigenvalue weighted by molar-refractivity contribution is 0.285. The van der Waals surface area contributed by atoms with Crippen LogP contribution in [0.1, 0.15) is 19.4 Å². The molecule has 6 heteroatoms. The van der Waals surface area contributed by atoms with Crippen LogP contribution in [0.3, 0.4) is 0 Å². The maximum Gasteiger partial charge on any atom is 0.201 e. The molecular weight excluding hydrogens is 453 g/mol. The fraction of sp³-hybridized carbons (Fsp3) is 0.172. The van der Waals surface area contributed by atoms with E-state index in [4.69, 9.17) is 14.2 Å². The average Bonchev–Trinajstić information content (AvgIpc) is 2.87. The predicted octanol–water partition coefficient (Wildman–Crippen LogP) is 7.81. The molecule has 0 aliphatic rings. The van der Waals surface area contributed by atoms with Crippen LogP contribution in [0.5, 0.6) is 17.2 Å². The molecule has 4 rings (SSSR count). The van der Waals surface area contributed by atoms with Gasteiger partial charge >= 0.3 is 0 Å². The van der Waals surface area contributed by atoms with Gasteiger partial charge in [-0.25, -0.2) is 8.78 Å². The van der Waals surface area contributed by atoms with Gasteiger partial charge in [-0.1, -0.05) is 42.5 Å². The van der Waals surface area contributed by atoms with Crippen molar-refractivity contribution in [3.63, 3.8) is 0 Å². The Morgan fingerprint density at radius 2 is 1.20 bits per heavy atom. The number of halogens is 3. The molecule has 0 spiro atoms. The minimum atomic E-state index is -1.04. The Hall–Kier alpha value is -3.93. The number of rotatable bonds is 9. The Morgan fingerprint density at radius 1 is 0.571 bits per heavy atom. The minimum Gasteiger partial charge on any atom is -0.494 e. The highest BCUT2D eigenvalue weighted by Gasteiger charge is 2.16. The first-order valence-corrected chi connectivity index (χ1v) is 11.4. The second kappa shape index (κ2) is 11.0. The van der Waals surface area contributed by atoms with Gasteiger partial charge in [-0.05, 0) is 72.5 Å². The van der Waals surface area contributed by atoms with Crippen molar-refractivity contribution in [3.8, 4) is 39.5 Å².